The standard InChI is InChI=1S/C26H32N4O2.C7H10N2.C2H6.CH4/c1-5-10-24(21-12-7-6-8-13-21)32-19-20-11-9-14-22(17-20)30-16-15-29(4)25(28-3)23(18-27-2)26(30)31;1-8-6-7-4-2-3-5-9-7;1-2;/h6-9,11-14,17-18,24H,3,5,10,15-16,19H2,1-2,4H3;2-5,8H,6H2,1H3;1-2H3;1H4. The van der Waals surface area contributed by atoms with E-state index in [1.807, 2.05) is 93.5 Å². The van der Waals surface area contributed by atoms with Crippen LogP contribution in [0.3, 0.4) is 0 Å². The van der Waals surface area contributed by atoms with E-state index in [9.17, 15) is 4.79 Å². The Balaban J connectivity index is 0.000000685. The van der Waals surface area contributed by atoms with Gasteiger partial charge in [-0.05, 0) is 55.6 Å². The highest BCUT2D eigenvalue weighted by Crippen LogP contribution is 2.27. The van der Waals surface area contributed by atoms with Crippen molar-refractivity contribution in [1.82, 2.24) is 15.2 Å². The average Bonchev–Trinajstić information content (AvgIpc) is 3.17. The molecule has 0 saturated heterocycles. The Hall–Kier alpha value is -4.14. The molecule has 0 bridgehead atoms. The zero-order valence-electron chi connectivity index (χ0n) is 26.7. The molecular formula is C36H52N6O2. The summed E-state index contributed by atoms with van der Waals surface area (Å²) in [5, 5.41) is 3.02. The van der Waals surface area contributed by atoms with Crippen LogP contribution in [-0.2, 0) is 22.7 Å². The number of nitrogens with one attached hydrogen (secondary N) is 1. The summed E-state index contributed by atoms with van der Waals surface area (Å²) in [6.07, 6.45) is 5.41. The van der Waals surface area contributed by atoms with Crippen LogP contribution in [0, 0.1) is 0 Å². The Morgan fingerprint density at radius 2 is 1.80 bits per heavy atom. The van der Waals surface area contributed by atoms with Crippen LogP contribution in [0.15, 0.2) is 100 Å². The van der Waals surface area contributed by atoms with Crippen molar-refractivity contribution in [2.45, 2.75) is 60.3 Å². The van der Waals surface area contributed by atoms with E-state index in [-0.39, 0.29) is 19.4 Å². The second-order valence-electron chi connectivity index (χ2n) is 9.68. The largest absolute Gasteiger partial charge is 0.369 e. The van der Waals surface area contributed by atoms with Crippen LogP contribution in [0.25, 0.3) is 0 Å². The number of benzene rings is 2. The van der Waals surface area contributed by atoms with Gasteiger partial charge in [0.2, 0.25) is 0 Å². The van der Waals surface area contributed by atoms with E-state index >= 15 is 0 Å². The van der Waals surface area contributed by atoms with E-state index < -0.39 is 0 Å². The maximum absolute atomic E-state index is 13.3. The Bertz CT molecular complexity index is 1290. The van der Waals surface area contributed by atoms with E-state index in [0.717, 1.165) is 36.3 Å². The fourth-order valence-electron chi connectivity index (χ4n) is 4.57. The van der Waals surface area contributed by atoms with Crippen molar-refractivity contribution in [2.75, 3.05) is 39.1 Å². The van der Waals surface area contributed by atoms with E-state index in [2.05, 4.69) is 46.1 Å². The van der Waals surface area contributed by atoms with Crippen molar-refractivity contribution in [3.63, 3.8) is 0 Å². The molecule has 1 aromatic heterocycles. The maximum Gasteiger partial charge on any atom is 0.263 e. The van der Waals surface area contributed by atoms with Gasteiger partial charge < -0.3 is 19.9 Å². The monoisotopic (exact) mass is 600 g/mol. The van der Waals surface area contributed by atoms with Gasteiger partial charge >= 0.3 is 0 Å². The molecular weight excluding hydrogens is 548 g/mol. The molecule has 1 amide bonds. The van der Waals surface area contributed by atoms with Gasteiger partial charge in [0.25, 0.3) is 5.91 Å². The van der Waals surface area contributed by atoms with Gasteiger partial charge in [0.15, 0.2) is 0 Å². The number of nitrogens with zero attached hydrogens (tertiary/aromatic N) is 5. The van der Waals surface area contributed by atoms with Gasteiger partial charge in [-0.3, -0.25) is 14.8 Å². The van der Waals surface area contributed by atoms with Crippen molar-refractivity contribution in [3.8, 4) is 0 Å². The highest BCUT2D eigenvalue weighted by atomic mass is 16.5. The Morgan fingerprint density at radius 1 is 1.07 bits per heavy atom. The lowest BCUT2D eigenvalue weighted by atomic mass is 10.1. The first-order valence-corrected chi connectivity index (χ1v) is 15.0. The number of aromatic nitrogens is 1. The molecule has 1 aliphatic heterocycles. The van der Waals surface area contributed by atoms with Crippen LogP contribution in [0.1, 0.15) is 64.0 Å². The number of aliphatic imine (C=N–C) groups is 2. The zero-order chi connectivity index (χ0) is 31.5. The van der Waals surface area contributed by atoms with Gasteiger partial charge in [0.1, 0.15) is 11.4 Å². The minimum Gasteiger partial charge on any atom is -0.369 e. The smallest absolute Gasteiger partial charge is 0.263 e. The van der Waals surface area contributed by atoms with Crippen LogP contribution >= 0.6 is 0 Å². The zero-order valence-corrected chi connectivity index (χ0v) is 26.7. The SMILES string of the molecule is C.C=NC1=C(C=NC)C(=O)N(c2cccc(COC(CCC)c3ccccc3)c2)CCN1C.CC.CNCc1ccccn1. The molecule has 0 radical (unpaired) electrons. The number of hydrogen-bond donors (Lipinski definition) is 1. The molecule has 238 valence electrons. The molecule has 8 heteroatoms. The van der Waals surface area contributed by atoms with Gasteiger partial charge in [-0.2, -0.15) is 0 Å². The molecule has 3 aromatic rings. The Labute approximate surface area is 265 Å². The number of likely N-dealkylation sites (N-methyl/N-ethyl adjacent to an activating group) is 1. The number of rotatable bonds is 11. The van der Waals surface area contributed by atoms with E-state index in [4.69, 9.17) is 4.74 Å². The van der Waals surface area contributed by atoms with Crippen molar-refractivity contribution < 1.29 is 9.53 Å². The summed E-state index contributed by atoms with van der Waals surface area (Å²) in [5.74, 6) is 0.418. The third-order valence-electron chi connectivity index (χ3n) is 6.62. The second-order valence-corrected chi connectivity index (χ2v) is 9.68. The molecule has 0 fully saturated rings. The highest BCUT2D eigenvalue weighted by molar-refractivity contribution is 6.19. The number of carbonyl (C=O) groups excluding carboxylic acids is 1. The number of amides is 1. The quantitative estimate of drug-likeness (QED) is 0.238. The molecule has 0 aliphatic carbocycles. The number of pyridine rings is 1. The molecule has 4 rings (SSSR count). The van der Waals surface area contributed by atoms with Crippen LogP contribution in [0.5, 0.6) is 0 Å². The summed E-state index contributed by atoms with van der Waals surface area (Å²) >= 11 is 0. The lowest BCUT2D eigenvalue weighted by Gasteiger charge is -2.23. The summed E-state index contributed by atoms with van der Waals surface area (Å²) < 4.78 is 6.29. The third-order valence-corrected chi connectivity index (χ3v) is 6.62. The minimum absolute atomic E-state index is 0. The number of carbonyl (C=O) groups is 1. The number of hydrogen-bond acceptors (Lipinski definition) is 7. The Morgan fingerprint density at radius 3 is 2.41 bits per heavy atom. The predicted molar refractivity (Wildman–Crippen MR) is 186 cm³/mol. The first-order chi connectivity index (χ1) is 21.0. The summed E-state index contributed by atoms with van der Waals surface area (Å²) in [7, 11) is 5.47. The second kappa shape index (κ2) is 21.5. The van der Waals surface area contributed by atoms with Gasteiger partial charge in [0.05, 0.1) is 18.4 Å². The van der Waals surface area contributed by atoms with Crippen LogP contribution < -0.4 is 10.2 Å². The predicted octanol–water partition coefficient (Wildman–Crippen LogP) is 7.10. The minimum atomic E-state index is -0.131. The molecule has 1 unspecified atom stereocenters. The summed E-state index contributed by atoms with van der Waals surface area (Å²) in [5.41, 5.74) is 4.58. The molecule has 1 atom stereocenters. The lowest BCUT2D eigenvalue weighted by molar-refractivity contribution is -0.114. The highest BCUT2D eigenvalue weighted by Gasteiger charge is 2.27. The Kier molecular flexibility index (Phi) is 18.5. The fourth-order valence-corrected chi connectivity index (χ4v) is 4.57. The van der Waals surface area contributed by atoms with E-state index in [0.29, 0.717) is 31.1 Å². The summed E-state index contributed by atoms with van der Waals surface area (Å²) in [4.78, 5) is 29.3. The van der Waals surface area contributed by atoms with Gasteiger partial charge in [-0.25, -0.2) is 4.99 Å². The number of anilines is 1. The van der Waals surface area contributed by atoms with Crippen molar-refractivity contribution in [2.24, 2.45) is 9.98 Å². The molecule has 1 aliphatic rings. The van der Waals surface area contributed by atoms with Crippen LogP contribution in [0.2, 0.25) is 0 Å². The topological polar surface area (TPSA) is 82.4 Å². The summed E-state index contributed by atoms with van der Waals surface area (Å²) in [6, 6.07) is 24.2. The maximum atomic E-state index is 13.3. The first kappa shape index (κ1) is 37.9. The molecule has 2 heterocycles. The van der Waals surface area contributed by atoms with Crippen LogP contribution in [-0.4, -0.2) is 63.0 Å². The molecule has 44 heavy (non-hydrogen) atoms. The molecule has 1 N–H and O–H groups in total. The van der Waals surface area contributed by atoms with E-state index in [1.54, 1.807) is 24.4 Å². The number of ether oxygens (including phenoxy) is 1. The van der Waals surface area contributed by atoms with Gasteiger partial charge in [-0.15, -0.1) is 0 Å². The molecule has 2 aromatic carbocycles. The summed E-state index contributed by atoms with van der Waals surface area (Å²) in [6.45, 7) is 12.3. The lowest BCUT2D eigenvalue weighted by Crippen LogP contribution is -2.34. The van der Waals surface area contributed by atoms with Crippen molar-refractivity contribution in [1.29, 1.82) is 0 Å². The molecule has 0 spiro atoms. The third kappa shape index (κ3) is 11.5. The first-order valence-electron chi connectivity index (χ1n) is 15.0. The molecule has 8 nitrogen and oxygen atoms in total. The van der Waals surface area contributed by atoms with Gasteiger partial charge in [-0.1, -0.05) is 83.1 Å². The molecule has 0 saturated carbocycles. The van der Waals surface area contributed by atoms with Crippen molar-refractivity contribution in [3.05, 3.63) is 107 Å². The van der Waals surface area contributed by atoms with Crippen molar-refractivity contribution >= 4 is 24.5 Å². The van der Waals surface area contributed by atoms with E-state index in [1.165, 1.54) is 5.56 Å². The normalized spacial score (nSPS) is 13.6. The fraction of sp³-hybridized carbons (Fsp3) is 0.389. The van der Waals surface area contributed by atoms with Gasteiger partial charge in [0, 0.05) is 51.8 Å². The average molecular weight is 601 g/mol. The van der Waals surface area contributed by atoms with Crippen LogP contribution in [0.4, 0.5) is 5.69 Å².